The minimum Gasteiger partial charge on any atom is -0.396 e. The number of ether oxygens (including phenoxy) is 2. The number of rotatable bonds is 4. The smallest absolute Gasteiger partial charge is 0.170 e. The molecule has 0 aromatic carbocycles. The molecule has 0 aromatic heterocycles. The number of piperidine rings is 1. The van der Waals surface area contributed by atoms with Gasteiger partial charge in [-0.15, -0.1) is 0 Å². The predicted molar refractivity (Wildman–Crippen MR) is 70.4 cm³/mol. The van der Waals surface area contributed by atoms with Gasteiger partial charge in [-0.1, -0.05) is 0 Å². The fraction of sp³-hybridized carbons (Fsp3) is 1.00. The summed E-state index contributed by atoms with van der Waals surface area (Å²) in [6.07, 6.45) is 3.13. The molecule has 0 saturated carbocycles. The van der Waals surface area contributed by atoms with Crippen molar-refractivity contribution in [2.45, 2.75) is 58.0 Å². The van der Waals surface area contributed by atoms with Gasteiger partial charge in [0.1, 0.15) is 0 Å². The highest BCUT2D eigenvalue weighted by molar-refractivity contribution is 4.87. The normalized spacial score (nSPS) is 38.5. The summed E-state index contributed by atoms with van der Waals surface area (Å²) in [5, 5.41) is 8.98. The van der Waals surface area contributed by atoms with Gasteiger partial charge in [0.15, 0.2) is 5.79 Å². The molecule has 1 N–H and O–H groups in total. The van der Waals surface area contributed by atoms with Crippen LogP contribution in [0.4, 0.5) is 0 Å². The van der Waals surface area contributed by atoms with E-state index in [4.69, 9.17) is 14.6 Å². The third kappa shape index (κ3) is 3.05. The van der Waals surface area contributed by atoms with Gasteiger partial charge >= 0.3 is 0 Å². The zero-order valence-corrected chi connectivity index (χ0v) is 11.9. The van der Waals surface area contributed by atoms with Crippen molar-refractivity contribution < 1.29 is 14.6 Å². The van der Waals surface area contributed by atoms with E-state index in [9.17, 15) is 0 Å². The van der Waals surface area contributed by atoms with Gasteiger partial charge in [-0.25, -0.2) is 0 Å². The third-order valence-corrected chi connectivity index (χ3v) is 4.33. The van der Waals surface area contributed by atoms with Crippen LogP contribution in [0.15, 0.2) is 0 Å². The SMILES string of the molecule is CC(C)N1CCCC(C2(C)OCC(CCO)O2)C1. The lowest BCUT2D eigenvalue weighted by Gasteiger charge is -2.41. The molecule has 2 heterocycles. The van der Waals surface area contributed by atoms with Gasteiger partial charge in [-0.05, 0) is 46.6 Å². The van der Waals surface area contributed by atoms with Crippen molar-refractivity contribution in [2.24, 2.45) is 5.92 Å². The van der Waals surface area contributed by atoms with Crippen molar-refractivity contribution in [1.82, 2.24) is 4.90 Å². The average molecular weight is 257 g/mol. The van der Waals surface area contributed by atoms with Crippen LogP contribution in [-0.2, 0) is 9.47 Å². The molecule has 2 rings (SSSR count). The summed E-state index contributed by atoms with van der Waals surface area (Å²) >= 11 is 0. The number of nitrogens with zero attached hydrogens (tertiary/aromatic N) is 1. The molecule has 3 unspecified atom stereocenters. The average Bonchev–Trinajstić information content (AvgIpc) is 2.73. The second-order valence-corrected chi connectivity index (χ2v) is 6.01. The first-order valence-electron chi connectivity index (χ1n) is 7.22. The van der Waals surface area contributed by atoms with Crippen molar-refractivity contribution in [3.8, 4) is 0 Å². The molecule has 106 valence electrons. The van der Waals surface area contributed by atoms with E-state index < -0.39 is 5.79 Å². The van der Waals surface area contributed by atoms with Crippen molar-refractivity contribution >= 4 is 0 Å². The van der Waals surface area contributed by atoms with Crippen LogP contribution in [0, 0.1) is 5.92 Å². The fourth-order valence-corrected chi connectivity index (χ4v) is 3.06. The lowest BCUT2D eigenvalue weighted by Crippen LogP contribution is -2.49. The van der Waals surface area contributed by atoms with Crippen LogP contribution in [0.5, 0.6) is 0 Å². The Morgan fingerprint density at radius 1 is 1.44 bits per heavy atom. The molecule has 0 spiro atoms. The molecule has 2 aliphatic rings. The van der Waals surface area contributed by atoms with Gasteiger partial charge in [-0.3, -0.25) is 0 Å². The largest absolute Gasteiger partial charge is 0.396 e. The molecule has 0 bridgehead atoms. The van der Waals surface area contributed by atoms with E-state index in [-0.39, 0.29) is 12.7 Å². The maximum Gasteiger partial charge on any atom is 0.170 e. The van der Waals surface area contributed by atoms with Crippen LogP contribution in [0.2, 0.25) is 0 Å². The Morgan fingerprint density at radius 3 is 2.89 bits per heavy atom. The van der Waals surface area contributed by atoms with Crippen LogP contribution in [-0.4, -0.2) is 54.2 Å². The monoisotopic (exact) mass is 257 g/mol. The molecule has 18 heavy (non-hydrogen) atoms. The Morgan fingerprint density at radius 2 is 2.22 bits per heavy atom. The Labute approximate surface area is 110 Å². The van der Waals surface area contributed by atoms with Crippen molar-refractivity contribution in [1.29, 1.82) is 0 Å². The minimum absolute atomic E-state index is 0.0643. The molecule has 2 aliphatic heterocycles. The van der Waals surface area contributed by atoms with E-state index in [0.29, 0.717) is 25.0 Å². The maximum absolute atomic E-state index is 8.98. The summed E-state index contributed by atoms with van der Waals surface area (Å²) in [7, 11) is 0. The van der Waals surface area contributed by atoms with Gasteiger partial charge in [0.25, 0.3) is 0 Å². The van der Waals surface area contributed by atoms with Crippen LogP contribution in [0.25, 0.3) is 0 Å². The summed E-state index contributed by atoms with van der Waals surface area (Å²) in [4.78, 5) is 2.51. The van der Waals surface area contributed by atoms with E-state index in [1.807, 2.05) is 0 Å². The standard InChI is InChI=1S/C14H27NO3/c1-11(2)15-7-4-5-12(9-15)14(3)17-10-13(18-14)6-8-16/h11-13,16H,4-10H2,1-3H3. The molecule has 0 amide bonds. The Kier molecular flexibility index (Phi) is 4.64. The molecule has 3 atom stereocenters. The lowest BCUT2D eigenvalue weighted by molar-refractivity contribution is -0.203. The van der Waals surface area contributed by atoms with Crippen LogP contribution in [0.3, 0.4) is 0 Å². The fourth-order valence-electron chi connectivity index (χ4n) is 3.06. The zero-order chi connectivity index (χ0) is 13.2. The van der Waals surface area contributed by atoms with Crippen molar-refractivity contribution in [3.63, 3.8) is 0 Å². The Hall–Kier alpha value is -0.160. The van der Waals surface area contributed by atoms with Gasteiger partial charge in [0.2, 0.25) is 0 Å². The molecule has 0 aromatic rings. The topological polar surface area (TPSA) is 41.9 Å². The highest BCUT2D eigenvalue weighted by Gasteiger charge is 2.45. The predicted octanol–water partition coefficient (Wildman–Crippen LogP) is 1.62. The van der Waals surface area contributed by atoms with Crippen molar-refractivity contribution in [2.75, 3.05) is 26.3 Å². The number of likely N-dealkylation sites (tertiary alicyclic amines) is 1. The molecule has 2 fully saturated rings. The number of hydrogen-bond acceptors (Lipinski definition) is 4. The Bertz CT molecular complexity index is 272. The Balaban J connectivity index is 1.94. The molecule has 4 heteroatoms. The summed E-state index contributed by atoms with van der Waals surface area (Å²) in [5.41, 5.74) is 0. The second kappa shape index (κ2) is 5.87. The van der Waals surface area contributed by atoms with Gasteiger partial charge in [-0.2, -0.15) is 0 Å². The summed E-state index contributed by atoms with van der Waals surface area (Å²) in [5.74, 6) is -0.00901. The van der Waals surface area contributed by atoms with E-state index in [1.165, 1.54) is 19.4 Å². The van der Waals surface area contributed by atoms with Crippen LogP contribution < -0.4 is 0 Å². The third-order valence-electron chi connectivity index (χ3n) is 4.33. The minimum atomic E-state index is -0.451. The van der Waals surface area contributed by atoms with Gasteiger partial charge in [0, 0.05) is 25.1 Å². The second-order valence-electron chi connectivity index (χ2n) is 6.01. The first-order chi connectivity index (χ1) is 8.55. The van der Waals surface area contributed by atoms with E-state index in [2.05, 4.69) is 25.7 Å². The van der Waals surface area contributed by atoms with Gasteiger partial charge < -0.3 is 19.5 Å². The zero-order valence-electron chi connectivity index (χ0n) is 11.9. The summed E-state index contributed by atoms with van der Waals surface area (Å²) in [6, 6.07) is 0.589. The van der Waals surface area contributed by atoms with Crippen LogP contribution in [0.1, 0.15) is 40.0 Å². The first-order valence-corrected chi connectivity index (χ1v) is 7.22. The molecule has 2 saturated heterocycles. The highest BCUT2D eigenvalue weighted by Crippen LogP contribution is 2.37. The molecule has 0 aliphatic carbocycles. The van der Waals surface area contributed by atoms with E-state index in [0.717, 1.165) is 6.54 Å². The van der Waals surface area contributed by atoms with E-state index in [1.54, 1.807) is 0 Å². The highest BCUT2D eigenvalue weighted by atomic mass is 16.7. The van der Waals surface area contributed by atoms with Crippen molar-refractivity contribution in [3.05, 3.63) is 0 Å². The number of aliphatic hydroxyl groups is 1. The maximum atomic E-state index is 8.98. The van der Waals surface area contributed by atoms with Crippen LogP contribution >= 0.6 is 0 Å². The number of hydrogen-bond donors (Lipinski definition) is 1. The lowest BCUT2D eigenvalue weighted by atomic mass is 9.90. The summed E-state index contributed by atoms with van der Waals surface area (Å²) < 4.78 is 12.0. The summed E-state index contributed by atoms with van der Waals surface area (Å²) in [6.45, 7) is 9.59. The van der Waals surface area contributed by atoms with Gasteiger partial charge in [0.05, 0.1) is 12.7 Å². The molecular weight excluding hydrogens is 230 g/mol. The van der Waals surface area contributed by atoms with E-state index >= 15 is 0 Å². The molecular formula is C14H27NO3. The molecule has 0 radical (unpaired) electrons. The quantitative estimate of drug-likeness (QED) is 0.831. The number of aliphatic hydroxyl groups excluding tert-OH is 1. The first kappa shape index (κ1) is 14.3. The molecule has 4 nitrogen and oxygen atoms in total.